The highest BCUT2D eigenvalue weighted by molar-refractivity contribution is 5.92. The van der Waals surface area contributed by atoms with Gasteiger partial charge < -0.3 is 14.6 Å². The summed E-state index contributed by atoms with van der Waals surface area (Å²) in [5.41, 5.74) is 0.617. The number of carbonyl (C=O) groups is 1. The van der Waals surface area contributed by atoms with Crippen molar-refractivity contribution in [3.05, 3.63) is 17.7 Å². The van der Waals surface area contributed by atoms with Gasteiger partial charge in [-0.05, 0) is 5.92 Å². The minimum absolute atomic E-state index is 0.0820. The summed E-state index contributed by atoms with van der Waals surface area (Å²) in [7, 11) is 0. The standard InChI is InChI=1S/C17H28N4O2/c1-4-13-10-21(11-15(13)20-5-7-23-8-6-20)17(22)14-9-18-16(19-14)12(2)3/h9,12-13,15H,4-8,10-11H2,1-3H3,(H,18,19)/t13-,15+/m1/s1. The van der Waals surface area contributed by atoms with Crippen LogP contribution < -0.4 is 0 Å². The second kappa shape index (κ2) is 7.01. The van der Waals surface area contributed by atoms with Crippen LogP contribution in [0, 0.1) is 5.92 Å². The molecule has 1 aromatic heterocycles. The molecule has 0 aliphatic carbocycles. The molecule has 1 N–H and O–H groups in total. The van der Waals surface area contributed by atoms with E-state index in [1.165, 1.54) is 0 Å². The van der Waals surface area contributed by atoms with Crippen molar-refractivity contribution in [3.8, 4) is 0 Å². The molecule has 0 radical (unpaired) electrons. The highest BCUT2D eigenvalue weighted by Crippen LogP contribution is 2.26. The smallest absolute Gasteiger partial charge is 0.271 e. The highest BCUT2D eigenvalue weighted by Gasteiger charge is 2.38. The molecular weight excluding hydrogens is 292 g/mol. The maximum Gasteiger partial charge on any atom is 0.271 e. The van der Waals surface area contributed by atoms with E-state index in [0.29, 0.717) is 23.6 Å². The molecule has 0 bridgehead atoms. The third-order valence-electron chi connectivity index (χ3n) is 5.11. The number of morpholine rings is 1. The third kappa shape index (κ3) is 3.43. The van der Waals surface area contributed by atoms with Crippen LogP contribution in [0.1, 0.15) is 49.4 Å². The molecule has 128 valence electrons. The van der Waals surface area contributed by atoms with Crippen molar-refractivity contribution in [2.75, 3.05) is 39.4 Å². The minimum Gasteiger partial charge on any atom is -0.379 e. The zero-order valence-electron chi connectivity index (χ0n) is 14.4. The van der Waals surface area contributed by atoms with Crippen LogP contribution in [0.4, 0.5) is 0 Å². The summed E-state index contributed by atoms with van der Waals surface area (Å²) in [5.74, 6) is 1.81. The Balaban J connectivity index is 1.69. The first-order valence-corrected chi connectivity index (χ1v) is 8.76. The van der Waals surface area contributed by atoms with E-state index in [2.05, 4.69) is 35.6 Å². The molecule has 0 unspecified atom stereocenters. The molecule has 6 heteroatoms. The van der Waals surface area contributed by atoms with Crippen molar-refractivity contribution in [1.29, 1.82) is 0 Å². The van der Waals surface area contributed by atoms with Crippen LogP contribution in [-0.2, 0) is 4.74 Å². The highest BCUT2D eigenvalue weighted by atomic mass is 16.5. The van der Waals surface area contributed by atoms with Crippen LogP contribution in [-0.4, -0.2) is 71.1 Å². The van der Waals surface area contributed by atoms with Gasteiger partial charge in [-0.2, -0.15) is 0 Å². The molecule has 3 heterocycles. The molecule has 2 saturated heterocycles. The Bertz CT molecular complexity index is 536. The summed E-state index contributed by atoms with van der Waals surface area (Å²) in [6, 6.07) is 0.459. The Morgan fingerprint density at radius 2 is 2.13 bits per heavy atom. The normalized spacial score (nSPS) is 26.2. The Kier molecular flexibility index (Phi) is 5.02. The van der Waals surface area contributed by atoms with Crippen molar-refractivity contribution in [2.24, 2.45) is 5.92 Å². The maximum absolute atomic E-state index is 12.8. The zero-order chi connectivity index (χ0) is 16.4. The number of imidazole rings is 1. The van der Waals surface area contributed by atoms with E-state index in [-0.39, 0.29) is 5.91 Å². The number of ether oxygens (including phenoxy) is 1. The Morgan fingerprint density at radius 3 is 2.74 bits per heavy atom. The molecule has 0 spiro atoms. The molecule has 2 atom stereocenters. The Morgan fingerprint density at radius 1 is 1.39 bits per heavy atom. The van der Waals surface area contributed by atoms with Crippen LogP contribution >= 0.6 is 0 Å². The summed E-state index contributed by atoms with van der Waals surface area (Å²) >= 11 is 0. The van der Waals surface area contributed by atoms with Crippen molar-refractivity contribution in [2.45, 2.75) is 39.2 Å². The van der Waals surface area contributed by atoms with Gasteiger partial charge in [-0.3, -0.25) is 9.69 Å². The van der Waals surface area contributed by atoms with Gasteiger partial charge in [0.1, 0.15) is 11.5 Å². The van der Waals surface area contributed by atoms with E-state index >= 15 is 0 Å². The number of nitrogens with zero attached hydrogens (tertiary/aromatic N) is 3. The van der Waals surface area contributed by atoms with E-state index in [1.54, 1.807) is 6.20 Å². The molecular formula is C17H28N4O2. The van der Waals surface area contributed by atoms with Crippen LogP contribution in [0.5, 0.6) is 0 Å². The molecule has 2 aliphatic heterocycles. The molecule has 0 aromatic carbocycles. The van der Waals surface area contributed by atoms with E-state index in [1.807, 2.05) is 4.90 Å². The number of nitrogens with one attached hydrogen (secondary N) is 1. The number of likely N-dealkylation sites (tertiary alicyclic amines) is 1. The van der Waals surface area contributed by atoms with Crippen LogP contribution in [0.2, 0.25) is 0 Å². The topological polar surface area (TPSA) is 61.5 Å². The average Bonchev–Trinajstić information content (AvgIpc) is 3.22. The van der Waals surface area contributed by atoms with E-state index in [9.17, 15) is 4.79 Å². The Labute approximate surface area is 138 Å². The van der Waals surface area contributed by atoms with Crippen LogP contribution in [0.15, 0.2) is 6.20 Å². The molecule has 1 aromatic rings. The number of hydrogen-bond acceptors (Lipinski definition) is 4. The molecule has 2 fully saturated rings. The van der Waals surface area contributed by atoms with Gasteiger partial charge in [0.15, 0.2) is 0 Å². The van der Waals surface area contributed by atoms with Gasteiger partial charge in [0.05, 0.1) is 19.4 Å². The first-order chi connectivity index (χ1) is 11.1. The molecule has 2 aliphatic rings. The number of amides is 1. The predicted octanol–water partition coefficient (Wildman–Crippen LogP) is 1.72. The maximum atomic E-state index is 12.8. The number of rotatable bonds is 4. The minimum atomic E-state index is 0.0820. The van der Waals surface area contributed by atoms with E-state index < -0.39 is 0 Å². The summed E-state index contributed by atoms with van der Waals surface area (Å²) in [4.78, 5) is 24.8. The lowest BCUT2D eigenvalue weighted by molar-refractivity contribution is 0.0102. The first kappa shape index (κ1) is 16.5. The van der Waals surface area contributed by atoms with Crippen LogP contribution in [0.3, 0.4) is 0 Å². The number of hydrogen-bond donors (Lipinski definition) is 1. The molecule has 1 amide bonds. The molecule has 23 heavy (non-hydrogen) atoms. The van der Waals surface area contributed by atoms with Gasteiger partial charge in [0, 0.05) is 38.1 Å². The number of aromatic nitrogens is 2. The third-order valence-corrected chi connectivity index (χ3v) is 5.11. The fourth-order valence-corrected chi connectivity index (χ4v) is 3.65. The van der Waals surface area contributed by atoms with Gasteiger partial charge in [-0.15, -0.1) is 0 Å². The number of aromatic amines is 1. The summed E-state index contributed by atoms with van der Waals surface area (Å²) in [5, 5.41) is 0. The SMILES string of the molecule is CC[C@@H]1CN(C(=O)c2cnc(C(C)C)[nH]2)C[C@@H]1N1CCOCC1. The monoisotopic (exact) mass is 320 g/mol. The van der Waals surface area contributed by atoms with Gasteiger partial charge in [-0.1, -0.05) is 27.2 Å². The lowest BCUT2D eigenvalue weighted by Gasteiger charge is -2.34. The average molecular weight is 320 g/mol. The quantitative estimate of drug-likeness (QED) is 0.917. The van der Waals surface area contributed by atoms with Gasteiger partial charge in [0.25, 0.3) is 5.91 Å². The fraction of sp³-hybridized carbons (Fsp3) is 0.765. The van der Waals surface area contributed by atoms with E-state index in [4.69, 9.17) is 4.74 Å². The number of carbonyl (C=O) groups excluding carboxylic acids is 1. The fourth-order valence-electron chi connectivity index (χ4n) is 3.65. The Hall–Kier alpha value is -1.40. The van der Waals surface area contributed by atoms with Crippen molar-refractivity contribution >= 4 is 5.91 Å². The van der Waals surface area contributed by atoms with Gasteiger partial charge in [-0.25, -0.2) is 4.98 Å². The zero-order valence-corrected chi connectivity index (χ0v) is 14.4. The molecule has 3 rings (SSSR count). The van der Waals surface area contributed by atoms with Gasteiger partial charge in [0.2, 0.25) is 0 Å². The summed E-state index contributed by atoms with van der Waals surface area (Å²) in [6.45, 7) is 11.6. The van der Waals surface area contributed by atoms with Crippen molar-refractivity contribution < 1.29 is 9.53 Å². The summed E-state index contributed by atoms with van der Waals surface area (Å²) < 4.78 is 5.46. The largest absolute Gasteiger partial charge is 0.379 e. The van der Waals surface area contributed by atoms with Crippen LogP contribution in [0.25, 0.3) is 0 Å². The van der Waals surface area contributed by atoms with Crippen molar-refractivity contribution in [3.63, 3.8) is 0 Å². The lowest BCUT2D eigenvalue weighted by Crippen LogP contribution is -2.47. The van der Waals surface area contributed by atoms with E-state index in [0.717, 1.165) is 51.6 Å². The number of H-pyrrole nitrogens is 1. The second-order valence-corrected chi connectivity index (χ2v) is 6.93. The molecule has 0 saturated carbocycles. The first-order valence-electron chi connectivity index (χ1n) is 8.76. The second-order valence-electron chi connectivity index (χ2n) is 6.93. The van der Waals surface area contributed by atoms with Crippen molar-refractivity contribution in [1.82, 2.24) is 19.8 Å². The predicted molar refractivity (Wildman–Crippen MR) is 88.5 cm³/mol. The summed E-state index contributed by atoms with van der Waals surface area (Å²) in [6.07, 6.45) is 2.78. The molecule has 6 nitrogen and oxygen atoms in total. The lowest BCUT2D eigenvalue weighted by atomic mass is 9.99. The van der Waals surface area contributed by atoms with Gasteiger partial charge >= 0.3 is 0 Å².